The maximum Gasteiger partial charge on any atom is 0.355 e. The van der Waals surface area contributed by atoms with Crippen molar-refractivity contribution in [2.45, 2.75) is 246 Å². The van der Waals surface area contributed by atoms with Crippen molar-refractivity contribution < 1.29 is 43.3 Å². The number of aromatic carboxylic acids is 1. The topological polar surface area (TPSA) is 255 Å². The molecular formula is C81H108FN13O8S2. The fourth-order valence-electron chi connectivity index (χ4n) is 18.8. The second-order valence-corrected chi connectivity index (χ2v) is 35.4. The molecule has 564 valence electrons. The summed E-state index contributed by atoms with van der Waals surface area (Å²) in [6, 6.07) is 15.8. The number of aryl methyl sites for hydroxylation is 1. The summed E-state index contributed by atoms with van der Waals surface area (Å²) in [5.41, 5.74) is 7.24. The summed E-state index contributed by atoms with van der Waals surface area (Å²) < 4.78 is 31.6. The predicted octanol–water partition coefficient (Wildman–Crippen LogP) is 15.4. The monoisotopic (exact) mass is 1470 g/mol. The number of nitrogens with zero attached hydrogens (tertiary/aromatic N) is 10. The van der Waals surface area contributed by atoms with E-state index in [0.717, 1.165) is 150 Å². The average Bonchev–Trinajstić information content (AvgIpc) is 0.804. The van der Waals surface area contributed by atoms with Gasteiger partial charge >= 0.3 is 5.97 Å². The Bertz CT molecular complexity index is 4250. The molecule has 5 N–H and O–H groups in total. The second-order valence-electron chi connectivity index (χ2n) is 33.6. The second kappa shape index (κ2) is 31.4. The number of hydrogen-bond acceptors (Lipinski definition) is 18. The van der Waals surface area contributed by atoms with Crippen molar-refractivity contribution in [3.05, 3.63) is 100 Å². The number of nitrogens with one attached hydrogen (secondary N) is 3. The smallest absolute Gasteiger partial charge is 0.355 e. The molecule has 5 saturated carbocycles. The van der Waals surface area contributed by atoms with Gasteiger partial charge in [0.25, 0.3) is 5.91 Å². The summed E-state index contributed by atoms with van der Waals surface area (Å²) >= 11 is 3.14. The zero-order chi connectivity index (χ0) is 74.1. The molecule has 14 rings (SSSR count). The van der Waals surface area contributed by atoms with Gasteiger partial charge in [0.15, 0.2) is 28.1 Å². The summed E-state index contributed by atoms with van der Waals surface area (Å²) in [7, 11) is 2.24. The maximum absolute atomic E-state index is 14.7. The average molecular weight is 1470 g/mol. The predicted molar refractivity (Wildman–Crippen MR) is 410 cm³/mol. The van der Waals surface area contributed by atoms with E-state index in [-0.39, 0.29) is 59.9 Å². The minimum Gasteiger partial charge on any atom is -0.493 e. The molecule has 24 heteroatoms. The minimum absolute atomic E-state index is 0.00793. The highest BCUT2D eigenvalue weighted by atomic mass is 32.1. The van der Waals surface area contributed by atoms with Crippen LogP contribution in [0.15, 0.2) is 66.3 Å². The number of anilines is 4. The molecule has 7 aromatic rings. The first-order valence-electron chi connectivity index (χ1n) is 38.5. The van der Waals surface area contributed by atoms with Crippen LogP contribution in [0.1, 0.15) is 214 Å². The number of thiazole rings is 2. The summed E-state index contributed by atoms with van der Waals surface area (Å²) in [4.78, 5) is 74.8. The van der Waals surface area contributed by atoms with Crippen LogP contribution in [0.5, 0.6) is 5.75 Å². The van der Waals surface area contributed by atoms with Gasteiger partial charge in [-0.3, -0.25) is 19.1 Å². The van der Waals surface area contributed by atoms with Gasteiger partial charge in [-0.05, 0) is 169 Å². The third kappa shape index (κ3) is 17.2. The van der Waals surface area contributed by atoms with Crippen LogP contribution in [-0.2, 0) is 38.6 Å². The lowest BCUT2D eigenvalue weighted by atomic mass is 9.39. The third-order valence-electron chi connectivity index (χ3n) is 23.2. The number of para-hydroxylation sites is 1. The molecule has 7 aliphatic rings. The number of likely N-dealkylation sites (N-methyl/N-ethyl adjacent to an activating group) is 1. The van der Waals surface area contributed by atoms with Gasteiger partial charge in [-0.1, -0.05) is 134 Å². The lowest BCUT2D eigenvalue weighted by Gasteiger charge is -2.69. The summed E-state index contributed by atoms with van der Waals surface area (Å²) in [6.07, 6.45) is 23.8. The van der Waals surface area contributed by atoms with Crippen molar-refractivity contribution >= 4 is 79.2 Å². The number of amides is 3. The molecule has 3 amide bonds. The van der Waals surface area contributed by atoms with E-state index < -0.39 is 53.0 Å². The number of carbonyl (C=O) groups is 4. The van der Waals surface area contributed by atoms with E-state index in [2.05, 4.69) is 69.5 Å². The number of β-amino-alcohol motifs (C(OH)–C–C–N with tert-alkyl or cyclic N) is 1. The number of carboxylic acid groups (broad SMARTS) is 1. The quantitative estimate of drug-likeness (QED) is 0.0235. The molecule has 5 aliphatic carbocycles. The number of rotatable bonds is 34. The fourth-order valence-corrected chi connectivity index (χ4v) is 20.5. The van der Waals surface area contributed by atoms with Gasteiger partial charge in [-0.25, -0.2) is 24.1 Å². The van der Waals surface area contributed by atoms with E-state index in [4.69, 9.17) is 29.6 Å². The number of ether oxygens (including phenoxy) is 2. The number of carbonyl (C=O) groups excluding carboxylic acids is 3. The van der Waals surface area contributed by atoms with Gasteiger partial charge in [-0.2, -0.15) is 5.10 Å². The number of halogens is 1. The van der Waals surface area contributed by atoms with E-state index in [9.17, 15) is 33.8 Å². The Balaban J connectivity index is 0.515. The molecule has 5 atom stereocenters. The molecule has 4 bridgehead atoms. The number of hydrogen-bond donors (Lipinski definition) is 5. The molecular weight excluding hydrogens is 1370 g/mol. The molecule has 2 unspecified atom stereocenters. The molecule has 5 aromatic heterocycles. The highest BCUT2D eigenvalue weighted by Crippen LogP contribution is 2.72. The largest absolute Gasteiger partial charge is 0.493 e. The SMILES string of the molecule is Cc1ncsc1-c1ccc(CNC(=O)[C@@H]2C[C@@H](O)CN2C(=O)[C@@H](NC(=O)C2(F)CC2)C(C)(C)C)c(OCCCCCCCCCCCCCCN(C)CCOC23CC4(C)CC(C)(CC(Cn5ncc(-c6ccc(N7CCCc8c7nnc(Nc7nc9ccccc9s7)c8C)nc6C(=O)O)c5C)(C4)C2)C3)c1. The Morgan fingerprint density at radius 3 is 2.23 bits per heavy atom. The van der Waals surface area contributed by atoms with Gasteiger partial charge in [-0.15, -0.1) is 21.5 Å². The molecule has 7 heterocycles. The number of unbranched alkanes of at least 4 members (excludes halogenated alkanes) is 11. The summed E-state index contributed by atoms with van der Waals surface area (Å²) in [5, 5.41) is 45.6. The van der Waals surface area contributed by atoms with Gasteiger partial charge < -0.3 is 50.3 Å². The van der Waals surface area contributed by atoms with Gasteiger partial charge in [0, 0.05) is 72.7 Å². The molecule has 21 nitrogen and oxygen atoms in total. The highest BCUT2D eigenvalue weighted by molar-refractivity contribution is 7.22. The van der Waals surface area contributed by atoms with Crippen LogP contribution >= 0.6 is 22.7 Å². The Morgan fingerprint density at radius 1 is 0.829 bits per heavy atom. The molecule has 105 heavy (non-hydrogen) atoms. The molecule has 2 aromatic carbocycles. The number of aliphatic hydroxyl groups is 1. The van der Waals surface area contributed by atoms with E-state index in [1.165, 1.54) is 69.1 Å². The fraction of sp³-hybridized carbons (Fsp3) is 0.605. The summed E-state index contributed by atoms with van der Waals surface area (Å²) in [6.45, 7) is 21.2. The number of fused-ring (bicyclic) bond motifs is 2. The van der Waals surface area contributed by atoms with E-state index in [1.807, 2.05) is 79.0 Å². The number of aliphatic hydroxyl groups excluding tert-OH is 1. The lowest BCUT2D eigenvalue weighted by Crippen LogP contribution is -2.64. The normalized spacial score (nSPS) is 23.3. The Kier molecular flexibility index (Phi) is 22.6. The van der Waals surface area contributed by atoms with Crippen LogP contribution in [0, 0.1) is 42.4 Å². The van der Waals surface area contributed by atoms with Crippen molar-refractivity contribution in [1.29, 1.82) is 0 Å². The number of benzene rings is 2. The van der Waals surface area contributed by atoms with Crippen LogP contribution in [-0.4, -0.2) is 155 Å². The Labute approximate surface area is 625 Å². The van der Waals surface area contributed by atoms with Crippen molar-refractivity contribution in [2.75, 3.05) is 56.7 Å². The van der Waals surface area contributed by atoms with E-state index in [1.54, 1.807) is 43.4 Å². The highest BCUT2D eigenvalue weighted by Gasteiger charge is 2.66. The van der Waals surface area contributed by atoms with Crippen molar-refractivity contribution in [2.24, 2.45) is 21.7 Å². The molecule has 1 saturated heterocycles. The number of alkyl halides is 1. The Morgan fingerprint density at radius 2 is 1.54 bits per heavy atom. The number of likely N-dealkylation sites (tertiary alicyclic amines) is 1. The number of carboxylic acids is 1. The first kappa shape index (κ1) is 75.7. The Hall–Kier alpha value is -7.51. The van der Waals surface area contributed by atoms with Crippen LogP contribution in [0.25, 0.3) is 31.8 Å². The van der Waals surface area contributed by atoms with Gasteiger partial charge in [0.05, 0.1) is 57.4 Å². The first-order valence-corrected chi connectivity index (χ1v) is 40.2. The zero-order valence-electron chi connectivity index (χ0n) is 63.0. The number of aromatic nitrogens is 7. The van der Waals surface area contributed by atoms with Crippen molar-refractivity contribution in [1.82, 2.24) is 55.4 Å². The van der Waals surface area contributed by atoms with Crippen LogP contribution in [0.4, 0.5) is 27.0 Å². The van der Waals surface area contributed by atoms with Crippen LogP contribution < -0.4 is 25.6 Å². The van der Waals surface area contributed by atoms with Gasteiger partial charge in [0.1, 0.15) is 23.7 Å². The van der Waals surface area contributed by atoms with Crippen LogP contribution in [0.3, 0.4) is 0 Å². The van der Waals surface area contributed by atoms with Crippen molar-refractivity contribution in [3.8, 4) is 27.3 Å². The van der Waals surface area contributed by atoms with E-state index in [0.29, 0.717) is 41.9 Å². The summed E-state index contributed by atoms with van der Waals surface area (Å²) in [5.74, 6) is -0.287. The molecule has 0 radical (unpaired) electrons. The first-order chi connectivity index (χ1) is 50.2. The molecule has 2 aliphatic heterocycles. The van der Waals surface area contributed by atoms with Crippen LogP contribution in [0.2, 0.25) is 0 Å². The minimum atomic E-state index is -1.96. The maximum atomic E-state index is 14.7. The standard InChI is InChI=1S/C81H108FN13O8S2/c1-52-58-25-24-35-93(70(58)91-90-69(52)89-75-86-61-26-20-21-27-64(61)105-75)65-31-30-59(66(87-65)73(99)100)60-42-85-95(54(60)3)50-79-45-77(7)44-78(8,46-79)48-80(47-77,49-79)103-38-36-92(9)34-22-18-16-14-12-10-11-13-15-17-19-23-37-102-63-39-55(67-53(2)84-51-104-67)28-29-56(63)41-83-71(97)62-40-57(96)43-94(62)72(98)68(76(4,5)6)88-74(101)81(82)32-33-81/h20-21,26-31,39,42,51,57,62,68,96H,10-19,22-25,32-38,40-41,43-50H2,1-9H3,(H,83,97)(H,88,101)(H,99,100)(H,86,89,90)/t57-,62+,68-,77?,78?,79?,80?/m1/s1. The molecule has 0 spiro atoms. The van der Waals surface area contributed by atoms with E-state index >= 15 is 0 Å². The lowest BCUT2D eigenvalue weighted by molar-refractivity contribution is -0.248. The third-order valence-corrected chi connectivity index (χ3v) is 25.2. The molecule has 6 fully saturated rings. The number of pyridine rings is 1. The van der Waals surface area contributed by atoms with Gasteiger partial charge in [0.2, 0.25) is 11.8 Å². The zero-order valence-corrected chi connectivity index (χ0v) is 64.6. The van der Waals surface area contributed by atoms with Crippen molar-refractivity contribution in [3.63, 3.8) is 0 Å².